The Labute approximate surface area is 107 Å². The number of benzene rings is 1. The summed E-state index contributed by atoms with van der Waals surface area (Å²) in [6, 6.07) is 5.85. The van der Waals surface area contributed by atoms with Gasteiger partial charge in [-0.2, -0.15) is 0 Å². The first-order chi connectivity index (χ1) is 8.76. The Kier molecular flexibility index (Phi) is 4.54. The summed E-state index contributed by atoms with van der Waals surface area (Å²) in [7, 11) is 1.66. The standard InChI is InChI=1S/C13H20N2O3/c1-9-7-10(16-2)3-4-11(9)13(15-14)12-8-17-5-6-18-12/h3-4,7,12-13,15H,5-6,8,14H2,1-2H3. The van der Waals surface area contributed by atoms with E-state index >= 15 is 0 Å². The number of nitrogens with one attached hydrogen (secondary N) is 1. The number of rotatable bonds is 4. The highest BCUT2D eigenvalue weighted by molar-refractivity contribution is 5.37. The lowest BCUT2D eigenvalue weighted by Gasteiger charge is -2.31. The molecule has 1 aromatic rings. The van der Waals surface area contributed by atoms with Crippen LogP contribution in [0.4, 0.5) is 0 Å². The Balaban J connectivity index is 2.20. The Morgan fingerprint density at radius 3 is 2.83 bits per heavy atom. The molecule has 1 aromatic carbocycles. The highest BCUT2D eigenvalue weighted by atomic mass is 16.6. The summed E-state index contributed by atoms with van der Waals surface area (Å²) in [6.45, 7) is 3.85. The molecule has 100 valence electrons. The van der Waals surface area contributed by atoms with Gasteiger partial charge >= 0.3 is 0 Å². The van der Waals surface area contributed by atoms with Crippen LogP contribution in [0.15, 0.2) is 18.2 Å². The van der Waals surface area contributed by atoms with Crippen LogP contribution >= 0.6 is 0 Å². The van der Waals surface area contributed by atoms with E-state index in [1.807, 2.05) is 25.1 Å². The van der Waals surface area contributed by atoms with E-state index in [1.165, 1.54) is 0 Å². The molecule has 0 aliphatic carbocycles. The molecule has 2 rings (SSSR count). The van der Waals surface area contributed by atoms with Crippen molar-refractivity contribution >= 4 is 0 Å². The van der Waals surface area contributed by atoms with Crippen molar-refractivity contribution < 1.29 is 14.2 Å². The fraction of sp³-hybridized carbons (Fsp3) is 0.538. The Morgan fingerprint density at radius 2 is 2.28 bits per heavy atom. The van der Waals surface area contributed by atoms with Gasteiger partial charge in [-0.25, -0.2) is 0 Å². The zero-order valence-electron chi connectivity index (χ0n) is 10.8. The van der Waals surface area contributed by atoms with Crippen molar-refractivity contribution in [2.75, 3.05) is 26.9 Å². The van der Waals surface area contributed by atoms with Crippen LogP contribution in [0.5, 0.6) is 5.75 Å². The SMILES string of the molecule is COc1ccc(C(NN)C2COCCO2)c(C)c1. The normalized spacial score (nSPS) is 21.6. The van der Waals surface area contributed by atoms with Crippen molar-refractivity contribution in [1.29, 1.82) is 0 Å². The molecular weight excluding hydrogens is 232 g/mol. The topological polar surface area (TPSA) is 65.7 Å². The summed E-state index contributed by atoms with van der Waals surface area (Å²) in [6.07, 6.45) is -0.0594. The molecule has 1 heterocycles. The van der Waals surface area contributed by atoms with E-state index in [0.717, 1.165) is 16.9 Å². The van der Waals surface area contributed by atoms with E-state index in [4.69, 9.17) is 20.1 Å². The van der Waals surface area contributed by atoms with Gasteiger partial charge in [0.05, 0.1) is 33.0 Å². The maximum Gasteiger partial charge on any atom is 0.119 e. The fourth-order valence-electron chi connectivity index (χ4n) is 2.22. The third kappa shape index (κ3) is 2.81. The third-order valence-electron chi connectivity index (χ3n) is 3.21. The molecule has 0 radical (unpaired) electrons. The molecule has 3 N–H and O–H groups in total. The number of hydrogen-bond acceptors (Lipinski definition) is 5. The predicted molar refractivity (Wildman–Crippen MR) is 68.4 cm³/mol. The van der Waals surface area contributed by atoms with E-state index in [1.54, 1.807) is 7.11 Å². The molecule has 0 amide bonds. The van der Waals surface area contributed by atoms with Gasteiger partial charge in [-0.05, 0) is 30.2 Å². The smallest absolute Gasteiger partial charge is 0.119 e. The van der Waals surface area contributed by atoms with Crippen LogP contribution in [-0.2, 0) is 9.47 Å². The summed E-state index contributed by atoms with van der Waals surface area (Å²) in [4.78, 5) is 0. The summed E-state index contributed by atoms with van der Waals surface area (Å²) >= 11 is 0. The van der Waals surface area contributed by atoms with Crippen LogP contribution in [0.3, 0.4) is 0 Å². The lowest BCUT2D eigenvalue weighted by atomic mass is 9.97. The van der Waals surface area contributed by atoms with E-state index in [9.17, 15) is 0 Å². The highest BCUT2D eigenvalue weighted by Crippen LogP contribution is 2.26. The van der Waals surface area contributed by atoms with Crippen molar-refractivity contribution in [1.82, 2.24) is 5.43 Å². The minimum atomic E-state index is -0.0730. The number of hydrazine groups is 1. The van der Waals surface area contributed by atoms with Crippen molar-refractivity contribution in [3.63, 3.8) is 0 Å². The number of aryl methyl sites for hydroxylation is 1. The average molecular weight is 252 g/mol. The van der Waals surface area contributed by atoms with Crippen molar-refractivity contribution in [3.05, 3.63) is 29.3 Å². The summed E-state index contributed by atoms with van der Waals surface area (Å²) < 4.78 is 16.3. The van der Waals surface area contributed by atoms with Gasteiger partial charge in [0.2, 0.25) is 0 Å². The molecule has 2 unspecified atom stereocenters. The first kappa shape index (κ1) is 13.3. The first-order valence-electron chi connectivity index (χ1n) is 6.06. The predicted octanol–water partition coefficient (Wildman–Crippen LogP) is 0.923. The van der Waals surface area contributed by atoms with Crippen molar-refractivity contribution in [3.8, 4) is 5.75 Å². The van der Waals surface area contributed by atoms with Gasteiger partial charge in [0, 0.05) is 0 Å². The summed E-state index contributed by atoms with van der Waals surface area (Å²) in [5.41, 5.74) is 5.04. The molecule has 5 heteroatoms. The number of nitrogens with two attached hydrogens (primary N) is 1. The Hall–Kier alpha value is -1.14. The minimum Gasteiger partial charge on any atom is -0.497 e. The molecule has 1 saturated heterocycles. The molecule has 18 heavy (non-hydrogen) atoms. The van der Waals surface area contributed by atoms with Gasteiger partial charge in [0.25, 0.3) is 0 Å². The fourth-order valence-corrected chi connectivity index (χ4v) is 2.22. The molecular formula is C13H20N2O3. The first-order valence-corrected chi connectivity index (χ1v) is 6.06. The van der Waals surface area contributed by atoms with E-state index in [2.05, 4.69) is 5.43 Å². The lowest BCUT2D eigenvalue weighted by molar-refractivity contribution is -0.102. The maximum atomic E-state index is 5.70. The van der Waals surface area contributed by atoms with E-state index < -0.39 is 0 Å². The van der Waals surface area contributed by atoms with Gasteiger partial charge in [-0.15, -0.1) is 0 Å². The lowest BCUT2D eigenvalue weighted by Crippen LogP contribution is -2.43. The second kappa shape index (κ2) is 6.15. The molecule has 0 bridgehead atoms. The van der Waals surface area contributed by atoms with Gasteiger partial charge in [0.15, 0.2) is 0 Å². The third-order valence-corrected chi connectivity index (χ3v) is 3.21. The Morgan fingerprint density at radius 1 is 1.44 bits per heavy atom. The van der Waals surface area contributed by atoms with E-state index in [0.29, 0.717) is 19.8 Å². The second-order valence-corrected chi connectivity index (χ2v) is 4.35. The molecule has 1 fully saturated rings. The van der Waals surface area contributed by atoms with Gasteiger partial charge in [-0.3, -0.25) is 11.3 Å². The average Bonchev–Trinajstić information content (AvgIpc) is 2.42. The van der Waals surface area contributed by atoms with Crippen LogP contribution in [0.1, 0.15) is 17.2 Å². The van der Waals surface area contributed by atoms with Crippen LogP contribution in [0.25, 0.3) is 0 Å². The van der Waals surface area contributed by atoms with Crippen LogP contribution in [0, 0.1) is 6.92 Å². The van der Waals surface area contributed by atoms with Crippen LogP contribution < -0.4 is 16.0 Å². The summed E-state index contributed by atoms with van der Waals surface area (Å²) in [5, 5.41) is 0. The highest BCUT2D eigenvalue weighted by Gasteiger charge is 2.26. The quantitative estimate of drug-likeness (QED) is 0.616. The minimum absolute atomic E-state index is 0.0594. The van der Waals surface area contributed by atoms with Gasteiger partial charge < -0.3 is 14.2 Å². The van der Waals surface area contributed by atoms with Crippen LogP contribution in [0.2, 0.25) is 0 Å². The molecule has 1 aliphatic heterocycles. The molecule has 0 saturated carbocycles. The van der Waals surface area contributed by atoms with Gasteiger partial charge in [0.1, 0.15) is 11.9 Å². The Bertz CT molecular complexity index is 392. The molecule has 0 aromatic heterocycles. The maximum absolute atomic E-state index is 5.70. The van der Waals surface area contributed by atoms with Crippen LogP contribution in [-0.4, -0.2) is 33.0 Å². The molecule has 1 aliphatic rings. The number of methoxy groups -OCH3 is 1. The van der Waals surface area contributed by atoms with Crippen molar-refractivity contribution in [2.24, 2.45) is 5.84 Å². The van der Waals surface area contributed by atoms with Crippen molar-refractivity contribution in [2.45, 2.75) is 19.1 Å². The molecule has 2 atom stereocenters. The summed E-state index contributed by atoms with van der Waals surface area (Å²) in [5.74, 6) is 6.50. The molecule has 0 spiro atoms. The zero-order chi connectivity index (χ0) is 13.0. The monoisotopic (exact) mass is 252 g/mol. The number of hydrogen-bond donors (Lipinski definition) is 2. The number of ether oxygens (including phenoxy) is 3. The van der Waals surface area contributed by atoms with E-state index in [-0.39, 0.29) is 12.1 Å². The van der Waals surface area contributed by atoms with Gasteiger partial charge in [-0.1, -0.05) is 6.07 Å². The second-order valence-electron chi connectivity index (χ2n) is 4.35. The zero-order valence-corrected chi connectivity index (χ0v) is 10.8. The molecule has 5 nitrogen and oxygen atoms in total. The largest absolute Gasteiger partial charge is 0.497 e.